The Bertz CT molecular complexity index is 634. The molecule has 1 fully saturated rings. The third-order valence-corrected chi connectivity index (χ3v) is 4.35. The lowest BCUT2D eigenvalue weighted by molar-refractivity contribution is 0.102. The molecule has 1 aliphatic carbocycles. The van der Waals surface area contributed by atoms with Crippen LogP contribution in [-0.2, 0) is 0 Å². The molecule has 2 aromatic rings. The number of nitrogens with zero attached hydrogens (tertiary/aromatic N) is 1. The fourth-order valence-electron chi connectivity index (χ4n) is 2.65. The molecule has 1 aromatic carbocycles. The molecule has 5 heteroatoms. The van der Waals surface area contributed by atoms with Gasteiger partial charge in [-0.25, -0.2) is 4.98 Å². The Balaban J connectivity index is 1.61. The van der Waals surface area contributed by atoms with Gasteiger partial charge in [-0.15, -0.1) is 0 Å². The first-order chi connectivity index (χ1) is 10.7. The van der Waals surface area contributed by atoms with E-state index < -0.39 is 0 Å². The van der Waals surface area contributed by atoms with Crippen LogP contribution in [0.3, 0.4) is 0 Å². The van der Waals surface area contributed by atoms with Crippen LogP contribution in [0, 0.1) is 0 Å². The van der Waals surface area contributed by atoms with Gasteiger partial charge in [0.1, 0.15) is 5.69 Å². The number of hydrogen-bond acceptors (Lipinski definition) is 3. The van der Waals surface area contributed by atoms with Crippen molar-refractivity contribution in [1.82, 2.24) is 4.98 Å². The van der Waals surface area contributed by atoms with Gasteiger partial charge in [0, 0.05) is 16.2 Å². The number of anilines is 2. The van der Waals surface area contributed by atoms with E-state index in [1.54, 1.807) is 12.3 Å². The molecule has 0 atom stereocenters. The summed E-state index contributed by atoms with van der Waals surface area (Å²) < 4.78 is 0.978. The van der Waals surface area contributed by atoms with Crippen LogP contribution in [0.15, 0.2) is 47.1 Å². The molecule has 2 N–H and O–H groups in total. The molecule has 0 radical (unpaired) electrons. The predicted octanol–water partition coefficient (Wildman–Crippen LogP) is 4.45. The molecule has 0 spiro atoms. The Morgan fingerprint density at radius 2 is 1.73 bits per heavy atom. The van der Waals surface area contributed by atoms with Gasteiger partial charge in [-0.1, -0.05) is 28.8 Å². The van der Waals surface area contributed by atoms with Crippen LogP contribution in [0.2, 0.25) is 0 Å². The number of halogens is 1. The second-order valence-electron chi connectivity index (χ2n) is 5.52. The molecule has 114 valence electrons. The number of aromatic nitrogens is 1. The van der Waals surface area contributed by atoms with Crippen molar-refractivity contribution >= 4 is 33.2 Å². The van der Waals surface area contributed by atoms with Crippen molar-refractivity contribution in [2.24, 2.45) is 0 Å². The summed E-state index contributed by atoms with van der Waals surface area (Å²) in [5, 5.41) is 6.30. The van der Waals surface area contributed by atoms with Gasteiger partial charge in [-0.05, 0) is 49.2 Å². The fraction of sp³-hybridized carbons (Fsp3) is 0.294. The van der Waals surface area contributed by atoms with Crippen molar-refractivity contribution in [3.63, 3.8) is 0 Å². The molecule has 1 amide bonds. The quantitative estimate of drug-likeness (QED) is 0.847. The molecule has 4 nitrogen and oxygen atoms in total. The Labute approximate surface area is 138 Å². The molecular formula is C17H18BrN3O. The molecule has 0 saturated heterocycles. The first-order valence-corrected chi connectivity index (χ1v) is 8.29. The lowest BCUT2D eigenvalue weighted by Crippen LogP contribution is -2.16. The average Bonchev–Trinajstić information content (AvgIpc) is 3.03. The lowest BCUT2D eigenvalue weighted by Gasteiger charge is -2.13. The van der Waals surface area contributed by atoms with E-state index in [4.69, 9.17) is 0 Å². The highest BCUT2D eigenvalue weighted by atomic mass is 79.9. The number of hydrogen-bond donors (Lipinski definition) is 2. The van der Waals surface area contributed by atoms with Crippen LogP contribution in [0.4, 0.5) is 11.4 Å². The summed E-state index contributed by atoms with van der Waals surface area (Å²) in [4.78, 5) is 16.4. The summed E-state index contributed by atoms with van der Waals surface area (Å²) in [5.74, 6) is -0.199. The second kappa shape index (κ2) is 6.92. The monoisotopic (exact) mass is 359 g/mol. The molecule has 3 rings (SSSR count). The topological polar surface area (TPSA) is 54.0 Å². The van der Waals surface area contributed by atoms with Crippen molar-refractivity contribution in [1.29, 1.82) is 0 Å². The Morgan fingerprint density at radius 3 is 2.36 bits per heavy atom. The SMILES string of the molecule is O=C(Nc1ccc(Br)cc1)c1ccc(NC2CCCC2)cn1. The molecule has 1 heterocycles. The summed E-state index contributed by atoms with van der Waals surface area (Å²) in [6.07, 6.45) is 6.74. The van der Waals surface area contributed by atoms with Crippen LogP contribution >= 0.6 is 15.9 Å². The molecule has 0 bridgehead atoms. The average molecular weight is 360 g/mol. The maximum absolute atomic E-state index is 12.1. The molecule has 0 aliphatic heterocycles. The number of rotatable bonds is 4. The van der Waals surface area contributed by atoms with Gasteiger partial charge in [-0.2, -0.15) is 0 Å². The Morgan fingerprint density at radius 1 is 1.05 bits per heavy atom. The molecule has 1 aromatic heterocycles. The van der Waals surface area contributed by atoms with Crippen LogP contribution in [0.1, 0.15) is 36.2 Å². The van der Waals surface area contributed by atoms with Gasteiger partial charge in [-0.3, -0.25) is 4.79 Å². The summed E-state index contributed by atoms with van der Waals surface area (Å²) in [6.45, 7) is 0. The zero-order valence-corrected chi connectivity index (χ0v) is 13.8. The zero-order chi connectivity index (χ0) is 15.4. The number of nitrogens with one attached hydrogen (secondary N) is 2. The van der Waals surface area contributed by atoms with Gasteiger partial charge in [0.25, 0.3) is 5.91 Å². The molecule has 1 saturated carbocycles. The first kappa shape index (κ1) is 15.0. The zero-order valence-electron chi connectivity index (χ0n) is 12.2. The maximum atomic E-state index is 12.1. The number of pyridine rings is 1. The molecular weight excluding hydrogens is 342 g/mol. The van der Waals surface area contributed by atoms with Gasteiger partial charge in [0.05, 0.1) is 11.9 Å². The molecule has 22 heavy (non-hydrogen) atoms. The van der Waals surface area contributed by atoms with Crippen LogP contribution < -0.4 is 10.6 Å². The van der Waals surface area contributed by atoms with Gasteiger partial charge < -0.3 is 10.6 Å². The number of carbonyl (C=O) groups excluding carboxylic acids is 1. The summed E-state index contributed by atoms with van der Waals surface area (Å²) in [5.41, 5.74) is 2.15. The van der Waals surface area contributed by atoms with E-state index in [0.29, 0.717) is 11.7 Å². The molecule has 1 aliphatic rings. The van der Waals surface area contributed by atoms with Gasteiger partial charge in [0.2, 0.25) is 0 Å². The third-order valence-electron chi connectivity index (χ3n) is 3.82. The van der Waals surface area contributed by atoms with E-state index in [9.17, 15) is 4.79 Å². The lowest BCUT2D eigenvalue weighted by atomic mass is 10.2. The number of benzene rings is 1. The van der Waals surface area contributed by atoms with E-state index in [0.717, 1.165) is 15.8 Å². The van der Waals surface area contributed by atoms with Crippen molar-refractivity contribution in [3.8, 4) is 0 Å². The van der Waals surface area contributed by atoms with E-state index in [-0.39, 0.29) is 5.91 Å². The minimum absolute atomic E-state index is 0.199. The highest BCUT2D eigenvalue weighted by molar-refractivity contribution is 9.10. The van der Waals surface area contributed by atoms with E-state index in [1.165, 1.54) is 25.7 Å². The second-order valence-corrected chi connectivity index (χ2v) is 6.43. The summed E-state index contributed by atoms with van der Waals surface area (Å²) in [6, 6.07) is 11.7. The fourth-order valence-corrected chi connectivity index (χ4v) is 2.91. The highest BCUT2D eigenvalue weighted by Gasteiger charge is 2.15. The maximum Gasteiger partial charge on any atom is 0.274 e. The standard InChI is InChI=1S/C17H18BrN3O/c18-12-5-7-14(8-6-12)21-17(22)16-10-9-15(11-19-16)20-13-3-1-2-4-13/h5-11,13,20H,1-4H2,(H,21,22). The van der Waals surface area contributed by atoms with Crippen LogP contribution in [0.5, 0.6) is 0 Å². The normalized spacial score (nSPS) is 14.8. The van der Waals surface area contributed by atoms with Crippen LogP contribution in [0.25, 0.3) is 0 Å². The minimum atomic E-state index is -0.199. The van der Waals surface area contributed by atoms with E-state index in [2.05, 4.69) is 31.5 Å². The van der Waals surface area contributed by atoms with Gasteiger partial charge >= 0.3 is 0 Å². The van der Waals surface area contributed by atoms with Crippen molar-refractivity contribution < 1.29 is 4.79 Å². The Hall–Kier alpha value is -1.88. The third kappa shape index (κ3) is 3.85. The van der Waals surface area contributed by atoms with Crippen molar-refractivity contribution in [2.75, 3.05) is 10.6 Å². The van der Waals surface area contributed by atoms with Crippen LogP contribution in [-0.4, -0.2) is 16.9 Å². The molecule has 0 unspecified atom stereocenters. The number of carbonyl (C=O) groups is 1. The van der Waals surface area contributed by atoms with Crippen molar-refractivity contribution in [3.05, 3.63) is 52.8 Å². The smallest absolute Gasteiger partial charge is 0.274 e. The van der Waals surface area contributed by atoms with E-state index >= 15 is 0 Å². The van der Waals surface area contributed by atoms with Crippen molar-refractivity contribution in [2.45, 2.75) is 31.7 Å². The largest absolute Gasteiger partial charge is 0.381 e. The number of amides is 1. The Kier molecular flexibility index (Phi) is 4.73. The minimum Gasteiger partial charge on any atom is -0.381 e. The summed E-state index contributed by atoms with van der Waals surface area (Å²) >= 11 is 3.37. The van der Waals surface area contributed by atoms with E-state index in [1.807, 2.05) is 30.3 Å². The predicted molar refractivity (Wildman–Crippen MR) is 92.2 cm³/mol. The first-order valence-electron chi connectivity index (χ1n) is 7.50. The highest BCUT2D eigenvalue weighted by Crippen LogP contribution is 2.22. The summed E-state index contributed by atoms with van der Waals surface area (Å²) in [7, 11) is 0. The van der Waals surface area contributed by atoms with Gasteiger partial charge in [0.15, 0.2) is 0 Å².